The average Bonchev–Trinajstić information content (AvgIpc) is 2.14. The average molecular weight is 224 g/mol. The van der Waals surface area contributed by atoms with E-state index in [0.29, 0.717) is 12.1 Å². The number of esters is 1. The van der Waals surface area contributed by atoms with Gasteiger partial charge < -0.3 is 4.74 Å². The molecule has 1 aromatic heterocycles. The van der Waals surface area contributed by atoms with Crippen molar-refractivity contribution in [3.8, 4) is 0 Å². The van der Waals surface area contributed by atoms with Gasteiger partial charge in [-0.05, 0) is 26.8 Å². The van der Waals surface area contributed by atoms with Crippen molar-refractivity contribution in [3.05, 3.63) is 30.1 Å². The predicted molar refractivity (Wildman–Crippen MR) is 58.0 cm³/mol. The SMILES string of the molecule is CC(C)(C)OC(=O)CCc1cccc[n+]1O. The zero-order chi connectivity index (χ0) is 12.2. The molecule has 1 N–H and O–H groups in total. The Balaban J connectivity index is 2.47. The number of rotatable bonds is 3. The number of pyridine rings is 1. The number of hydrogen-bond donors (Lipinski definition) is 1. The van der Waals surface area contributed by atoms with E-state index in [1.165, 1.54) is 6.20 Å². The van der Waals surface area contributed by atoms with Gasteiger partial charge in [-0.2, -0.15) is 0 Å². The number of nitrogens with zero attached hydrogens (tertiary/aromatic N) is 1. The van der Waals surface area contributed by atoms with E-state index in [-0.39, 0.29) is 12.4 Å². The maximum atomic E-state index is 11.4. The van der Waals surface area contributed by atoms with Crippen LogP contribution in [0.2, 0.25) is 0 Å². The van der Waals surface area contributed by atoms with Gasteiger partial charge in [-0.3, -0.25) is 10.0 Å². The van der Waals surface area contributed by atoms with Crippen molar-refractivity contribution in [2.24, 2.45) is 0 Å². The van der Waals surface area contributed by atoms with Crippen LogP contribution in [-0.4, -0.2) is 16.8 Å². The van der Waals surface area contributed by atoms with Crippen molar-refractivity contribution in [1.29, 1.82) is 0 Å². The molecule has 88 valence electrons. The normalized spacial score (nSPS) is 11.2. The van der Waals surface area contributed by atoms with Gasteiger partial charge in [0.15, 0.2) is 0 Å². The molecule has 1 rings (SSSR count). The van der Waals surface area contributed by atoms with Crippen LogP contribution in [-0.2, 0) is 16.0 Å². The monoisotopic (exact) mass is 224 g/mol. The molecule has 0 saturated heterocycles. The highest BCUT2D eigenvalue weighted by Gasteiger charge is 2.18. The van der Waals surface area contributed by atoms with E-state index in [2.05, 4.69) is 0 Å². The molecule has 0 aromatic carbocycles. The molecule has 1 aromatic rings. The third-order valence-corrected chi connectivity index (χ3v) is 1.93. The first kappa shape index (κ1) is 12.5. The number of ether oxygens (including phenoxy) is 1. The molecule has 0 aliphatic carbocycles. The van der Waals surface area contributed by atoms with Crippen molar-refractivity contribution in [3.63, 3.8) is 0 Å². The Morgan fingerprint density at radius 2 is 2.12 bits per heavy atom. The Morgan fingerprint density at radius 3 is 2.69 bits per heavy atom. The van der Waals surface area contributed by atoms with Crippen molar-refractivity contribution in [2.45, 2.75) is 39.2 Å². The molecule has 0 unspecified atom stereocenters. The minimum Gasteiger partial charge on any atom is -0.460 e. The summed E-state index contributed by atoms with van der Waals surface area (Å²) in [7, 11) is 0. The maximum absolute atomic E-state index is 11.4. The van der Waals surface area contributed by atoms with Gasteiger partial charge in [0.05, 0.1) is 6.42 Å². The Kier molecular flexibility index (Phi) is 3.88. The van der Waals surface area contributed by atoms with E-state index in [0.717, 1.165) is 4.73 Å². The number of carbonyl (C=O) groups excluding carboxylic acids is 1. The zero-order valence-corrected chi connectivity index (χ0v) is 9.93. The molecule has 0 spiro atoms. The van der Waals surface area contributed by atoms with Crippen molar-refractivity contribution in [1.82, 2.24) is 0 Å². The molecule has 0 bridgehead atoms. The second-order valence-corrected chi connectivity index (χ2v) is 4.62. The van der Waals surface area contributed by atoms with Gasteiger partial charge in [0, 0.05) is 23.3 Å². The highest BCUT2D eigenvalue weighted by atomic mass is 16.6. The number of aryl methyl sites for hydroxylation is 1. The van der Waals surface area contributed by atoms with Crippen LogP contribution in [0.25, 0.3) is 0 Å². The quantitative estimate of drug-likeness (QED) is 0.480. The smallest absolute Gasteiger partial charge is 0.306 e. The summed E-state index contributed by atoms with van der Waals surface area (Å²) in [5.74, 6) is -0.253. The minimum absolute atomic E-state index is 0.253. The topological polar surface area (TPSA) is 50.4 Å². The summed E-state index contributed by atoms with van der Waals surface area (Å²) in [6, 6.07) is 5.30. The molecule has 0 amide bonds. The van der Waals surface area contributed by atoms with Crippen LogP contribution in [0.3, 0.4) is 0 Å². The van der Waals surface area contributed by atoms with Gasteiger partial charge in [-0.15, -0.1) is 0 Å². The van der Waals surface area contributed by atoms with Crippen molar-refractivity contribution >= 4 is 5.97 Å². The van der Waals surface area contributed by atoms with Crippen LogP contribution < -0.4 is 4.73 Å². The van der Waals surface area contributed by atoms with Crippen LogP contribution >= 0.6 is 0 Å². The molecule has 0 saturated carbocycles. The summed E-state index contributed by atoms with van der Waals surface area (Å²) in [5, 5.41) is 9.42. The summed E-state index contributed by atoms with van der Waals surface area (Å²) in [6.45, 7) is 5.50. The molecular weight excluding hydrogens is 206 g/mol. The molecule has 1 heterocycles. The Labute approximate surface area is 95.4 Å². The first-order valence-electron chi connectivity index (χ1n) is 5.29. The van der Waals surface area contributed by atoms with E-state index < -0.39 is 5.60 Å². The highest BCUT2D eigenvalue weighted by molar-refractivity contribution is 5.70. The summed E-state index contributed by atoms with van der Waals surface area (Å²) in [5.41, 5.74) is 0.233. The second kappa shape index (κ2) is 4.96. The van der Waals surface area contributed by atoms with Gasteiger partial charge in [0.25, 0.3) is 0 Å². The van der Waals surface area contributed by atoms with Crippen LogP contribution in [0.5, 0.6) is 0 Å². The molecule has 0 atom stereocenters. The van der Waals surface area contributed by atoms with Gasteiger partial charge in [-0.25, -0.2) is 0 Å². The summed E-state index contributed by atoms with van der Waals surface area (Å²) < 4.78 is 6.19. The Hall–Kier alpha value is -1.58. The fraction of sp³-hybridized carbons (Fsp3) is 0.500. The van der Waals surface area contributed by atoms with E-state index in [4.69, 9.17) is 4.74 Å². The number of carbonyl (C=O) groups is 1. The fourth-order valence-electron chi connectivity index (χ4n) is 1.29. The Bertz CT molecular complexity index is 369. The lowest BCUT2D eigenvalue weighted by atomic mass is 10.2. The van der Waals surface area contributed by atoms with Gasteiger partial charge in [-0.1, -0.05) is 0 Å². The lowest BCUT2D eigenvalue weighted by molar-refractivity contribution is -0.909. The van der Waals surface area contributed by atoms with Crippen LogP contribution in [0, 0.1) is 0 Å². The summed E-state index contributed by atoms with van der Waals surface area (Å²) >= 11 is 0. The second-order valence-electron chi connectivity index (χ2n) is 4.62. The lowest BCUT2D eigenvalue weighted by Gasteiger charge is -2.19. The van der Waals surface area contributed by atoms with Gasteiger partial charge in [0.1, 0.15) is 5.60 Å². The fourth-order valence-corrected chi connectivity index (χ4v) is 1.29. The van der Waals surface area contributed by atoms with E-state index in [1.807, 2.05) is 26.8 Å². The standard InChI is InChI=1S/C12H18NO3/c1-12(2,3)16-11(14)8-7-10-6-4-5-9-13(10)15/h4-6,9,15H,7-8H2,1-3H3/q+1. The molecule has 16 heavy (non-hydrogen) atoms. The van der Waals surface area contributed by atoms with Gasteiger partial charge >= 0.3 is 5.97 Å². The molecule has 0 aliphatic rings. The predicted octanol–water partition coefficient (Wildman–Crippen LogP) is 1.49. The van der Waals surface area contributed by atoms with Crippen molar-refractivity contribution < 1.29 is 19.5 Å². The third kappa shape index (κ3) is 4.29. The first-order chi connectivity index (χ1) is 7.38. The summed E-state index contributed by atoms with van der Waals surface area (Å²) in [4.78, 5) is 11.4. The van der Waals surface area contributed by atoms with E-state index in [9.17, 15) is 10.0 Å². The van der Waals surface area contributed by atoms with Crippen LogP contribution in [0.4, 0.5) is 0 Å². The number of hydrogen-bond acceptors (Lipinski definition) is 3. The number of aromatic nitrogens is 1. The zero-order valence-electron chi connectivity index (χ0n) is 9.93. The lowest BCUT2D eigenvalue weighted by Crippen LogP contribution is -2.35. The van der Waals surface area contributed by atoms with Gasteiger partial charge in [0.2, 0.25) is 11.9 Å². The van der Waals surface area contributed by atoms with E-state index in [1.54, 1.807) is 12.1 Å². The highest BCUT2D eigenvalue weighted by Crippen LogP contribution is 2.09. The molecule has 4 heteroatoms. The maximum Gasteiger partial charge on any atom is 0.306 e. The minimum atomic E-state index is -0.455. The third-order valence-electron chi connectivity index (χ3n) is 1.93. The molecule has 0 radical (unpaired) electrons. The molecule has 0 aliphatic heterocycles. The van der Waals surface area contributed by atoms with Crippen molar-refractivity contribution in [2.75, 3.05) is 0 Å². The molecule has 0 fully saturated rings. The summed E-state index contributed by atoms with van der Waals surface area (Å²) in [6.07, 6.45) is 2.26. The first-order valence-corrected chi connectivity index (χ1v) is 5.29. The Morgan fingerprint density at radius 1 is 1.44 bits per heavy atom. The van der Waals surface area contributed by atoms with Crippen LogP contribution in [0.1, 0.15) is 32.9 Å². The largest absolute Gasteiger partial charge is 0.460 e. The van der Waals surface area contributed by atoms with E-state index >= 15 is 0 Å². The molecular formula is C12H18NO3+. The molecule has 4 nitrogen and oxygen atoms in total. The van der Waals surface area contributed by atoms with Crippen LogP contribution in [0.15, 0.2) is 24.4 Å².